The first kappa shape index (κ1) is 17.4. The fraction of sp³-hybridized carbons (Fsp3) is 0.609. The van der Waals surface area contributed by atoms with E-state index >= 15 is 0 Å². The number of hydrogen-bond donors (Lipinski definition) is 2. The number of aromatic nitrogens is 2. The van der Waals surface area contributed by atoms with Gasteiger partial charge in [0.1, 0.15) is 0 Å². The average molecular weight is 366 g/mol. The molecule has 4 heteroatoms. The third kappa shape index (κ3) is 3.34. The summed E-state index contributed by atoms with van der Waals surface area (Å²) in [5.74, 6) is 1.50. The molecule has 2 N–H and O–H groups in total. The van der Waals surface area contributed by atoms with Crippen molar-refractivity contribution in [3.63, 3.8) is 0 Å². The zero-order valence-corrected chi connectivity index (χ0v) is 16.3. The molecule has 3 unspecified atom stereocenters. The summed E-state index contributed by atoms with van der Waals surface area (Å²) >= 11 is 0. The Morgan fingerprint density at radius 3 is 2.67 bits per heavy atom. The number of benzene rings is 1. The molecule has 0 amide bonds. The van der Waals surface area contributed by atoms with Gasteiger partial charge < -0.3 is 10.4 Å². The number of hydrogen-bond acceptors (Lipinski definition) is 3. The van der Waals surface area contributed by atoms with Crippen molar-refractivity contribution in [2.75, 3.05) is 0 Å². The summed E-state index contributed by atoms with van der Waals surface area (Å²) in [6.07, 6.45) is 10.9. The Kier molecular flexibility index (Phi) is 4.17. The largest absolute Gasteiger partial charge is 0.390 e. The van der Waals surface area contributed by atoms with Gasteiger partial charge in [-0.05, 0) is 79.9 Å². The van der Waals surface area contributed by atoms with Gasteiger partial charge in [-0.2, -0.15) is 5.10 Å². The summed E-state index contributed by atoms with van der Waals surface area (Å²) in [4.78, 5) is 0. The van der Waals surface area contributed by atoms with E-state index in [9.17, 15) is 5.11 Å². The van der Waals surface area contributed by atoms with Crippen molar-refractivity contribution < 1.29 is 5.11 Å². The molecule has 4 nitrogen and oxygen atoms in total. The van der Waals surface area contributed by atoms with E-state index in [0.29, 0.717) is 11.5 Å². The second kappa shape index (κ2) is 6.46. The third-order valence-corrected chi connectivity index (χ3v) is 7.50. The van der Waals surface area contributed by atoms with Crippen LogP contribution < -0.4 is 5.32 Å². The molecule has 1 aromatic carbocycles. The maximum Gasteiger partial charge on any atom is 0.0659 e. The fourth-order valence-corrected chi connectivity index (χ4v) is 6.70. The second-order valence-electron chi connectivity index (χ2n) is 9.67. The standard InChI is InChI=1S/C23H31N3O/c1-17(22-10-20-9-21(11-22)13-23(27,12-20)16-22)24-14-18-4-2-5-19(8-18)15-26-7-3-6-25-26/h2-8,17,20-21,24,27H,9-16H2,1H3. The minimum absolute atomic E-state index is 0.297. The van der Waals surface area contributed by atoms with Crippen LogP contribution in [0.4, 0.5) is 0 Å². The number of aliphatic hydroxyl groups is 1. The highest BCUT2D eigenvalue weighted by Crippen LogP contribution is 2.62. The van der Waals surface area contributed by atoms with E-state index in [1.165, 1.54) is 30.4 Å². The van der Waals surface area contributed by atoms with Crippen molar-refractivity contribution >= 4 is 0 Å². The minimum atomic E-state index is -0.371. The van der Waals surface area contributed by atoms with Gasteiger partial charge in [0.2, 0.25) is 0 Å². The SMILES string of the molecule is CC(NCc1cccc(Cn2cccn2)c1)C12CC3CC(CC(O)(C3)C1)C2. The van der Waals surface area contributed by atoms with E-state index in [-0.39, 0.29) is 5.60 Å². The van der Waals surface area contributed by atoms with Crippen LogP contribution in [0.2, 0.25) is 0 Å². The van der Waals surface area contributed by atoms with Crippen LogP contribution in [0.3, 0.4) is 0 Å². The van der Waals surface area contributed by atoms with Gasteiger partial charge in [-0.1, -0.05) is 24.3 Å². The van der Waals surface area contributed by atoms with Crippen molar-refractivity contribution in [3.05, 3.63) is 53.9 Å². The molecule has 144 valence electrons. The molecule has 2 aromatic rings. The maximum atomic E-state index is 11.0. The van der Waals surface area contributed by atoms with Gasteiger partial charge in [-0.25, -0.2) is 0 Å². The van der Waals surface area contributed by atoms with Crippen molar-refractivity contribution in [2.24, 2.45) is 17.3 Å². The molecular formula is C23H31N3O. The van der Waals surface area contributed by atoms with Crippen LogP contribution in [0.5, 0.6) is 0 Å². The topological polar surface area (TPSA) is 50.1 Å². The molecule has 0 spiro atoms. The maximum absolute atomic E-state index is 11.0. The predicted octanol–water partition coefficient (Wildman–Crippen LogP) is 3.74. The minimum Gasteiger partial charge on any atom is -0.390 e. The van der Waals surface area contributed by atoms with Gasteiger partial charge >= 0.3 is 0 Å². The number of rotatable bonds is 6. The van der Waals surface area contributed by atoms with Gasteiger partial charge in [-0.15, -0.1) is 0 Å². The summed E-state index contributed by atoms with van der Waals surface area (Å²) in [7, 11) is 0. The van der Waals surface area contributed by atoms with Gasteiger partial charge in [0.15, 0.2) is 0 Å². The van der Waals surface area contributed by atoms with Crippen molar-refractivity contribution in [2.45, 2.75) is 70.2 Å². The van der Waals surface area contributed by atoms with Crippen LogP contribution >= 0.6 is 0 Å². The zero-order chi connectivity index (χ0) is 18.5. The van der Waals surface area contributed by atoms with Gasteiger partial charge in [0.25, 0.3) is 0 Å². The second-order valence-corrected chi connectivity index (χ2v) is 9.67. The van der Waals surface area contributed by atoms with Crippen molar-refractivity contribution in [1.82, 2.24) is 15.1 Å². The molecule has 4 aliphatic rings. The lowest BCUT2D eigenvalue weighted by Crippen LogP contribution is -2.61. The Bertz CT molecular complexity index is 786. The van der Waals surface area contributed by atoms with Crippen LogP contribution in [-0.2, 0) is 13.1 Å². The Labute approximate surface area is 162 Å². The van der Waals surface area contributed by atoms with E-state index in [4.69, 9.17) is 0 Å². The van der Waals surface area contributed by atoms with E-state index in [0.717, 1.165) is 44.2 Å². The Morgan fingerprint density at radius 1 is 1.19 bits per heavy atom. The lowest BCUT2D eigenvalue weighted by Gasteiger charge is -2.62. The van der Waals surface area contributed by atoms with Crippen LogP contribution in [-0.4, -0.2) is 26.5 Å². The molecule has 27 heavy (non-hydrogen) atoms. The Morgan fingerprint density at radius 2 is 1.96 bits per heavy atom. The zero-order valence-electron chi connectivity index (χ0n) is 16.3. The molecule has 1 aromatic heterocycles. The van der Waals surface area contributed by atoms with E-state index in [2.05, 4.69) is 41.6 Å². The molecule has 0 saturated heterocycles. The number of nitrogens with one attached hydrogen (secondary N) is 1. The van der Waals surface area contributed by atoms with Gasteiger partial charge in [0, 0.05) is 25.0 Å². The molecule has 0 aliphatic heterocycles. The Hall–Kier alpha value is -1.65. The molecule has 1 heterocycles. The molecular weight excluding hydrogens is 334 g/mol. The summed E-state index contributed by atoms with van der Waals surface area (Å²) in [5.41, 5.74) is 2.54. The molecule has 3 atom stereocenters. The highest BCUT2D eigenvalue weighted by molar-refractivity contribution is 5.24. The first-order valence-corrected chi connectivity index (χ1v) is 10.5. The molecule has 6 rings (SSSR count). The summed E-state index contributed by atoms with van der Waals surface area (Å²) in [6.45, 7) is 4.06. The molecule has 4 saturated carbocycles. The highest BCUT2D eigenvalue weighted by Gasteiger charge is 2.58. The normalized spacial score (nSPS) is 35.5. The molecule has 4 aliphatic carbocycles. The highest BCUT2D eigenvalue weighted by atomic mass is 16.3. The quantitative estimate of drug-likeness (QED) is 0.820. The lowest BCUT2D eigenvalue weighted by atomic mass is 9.46. The summed E-state index contributed by atoms with van der Waals surface area (Å²) in [6, 6.07) is 11.2. The Balaban J connectivity index is 1.25. The average Bonchev–Trinajstić information content (AvgIpc) is 3.11. The van der Waals surface area contributed by atoms with Crippen LogP contribution in [0.25, 0.3) is 0 Å². The summed E-state index contributed by atoms with van der Waals surface area (Å²) in [5, 5.41) is 19.2. The fourth-order valence-electron chi connectivity index (χ4n) is 6.70. The predicted molar refractivity (Wildman–Crippen MR) is 106 cm³/mol. The van der Waals surface area contributed by atoms with E-state index in [1.54, 1.807) is 0 Å². The van der Waals surface area contributed by atoms with E-state index < -0.39 is 0 Å². The van der Waals surface area contributed by atoms with Crippen molar-refractivity contribution in [1.29, 1.82) is 0 Å². The monoisotopic (exact) mass is 365 g/mol. The van der Waals surface area contributed by atoms with Gasteiger partial charge in [-0.3, -0.25) is 4.68 Å². The van der Waals surface area contributed by atoms with Crippen LogP contribution in [0.15, 0.2) is 42.7 Å². The molecule has 0 radical (unpaired) electrons. The lowest BCUT2D eigenvalue weighted by molar-refractivity contribution is -0.172. The third-order valence-electron chi connectivity index (χ3n) is 7.50. The van der Waals surface area contributed by atoms with Crippen LogP contribution in [0.1, 0.15) is 56.6 Å². The van der Waals surface area contributed by atoms with Crippen LogP contribution in [0, 0.1) is 17.3 Å². The molecule has 4 bridgehead atoms. The first-order chi connectivity index (χ1) is 13.0. The smallest absolute Gasteiger partial charge is 0.0659 e. The van der Waals surface area contributed by atoms with Gasteiger partial charge in [0.05, 0.1) is 12.1 Å². The molecule has 4 fully saturated rings. The van der Waals surface area contributed by atoms with E-state index in [1.807, 2.05) is 23.1 Å². The first-order valence-electron chi connectivity index (χ1n) is 10.5. The summed E-state index contributed by atoms with van der Waals surface area (Å²) < 4.78 is 1.96. The number of nitrogens with zero attached hydrogens (tertiary/aromatic N) is 2. The van der Waals surface area contributed by atoms with Crippen molar-refractivity contribution in [3.8, 4) is 0 Å².